The highest BCUT2D eigenvalue weighted by Gasteiger charge is 2.20. The van der Waals surface area contributed by atoms with Gasteiger partial charge in [0.15, 0.2) is 0 Å². The molecular formula is C24H27O3P. The molecule has 28 heavy (non-hydrogen) atoms. The average Bonchev–Trinajstić information content (AvgIpc) is 2.64. The topological polar surface area (TPSA) is 27.7 Å². The second-order valence-electron chi connectivity index (χ2n) is 7.24. The minimum absolute atomic E-state index is 0.738. The molecule has 0 atom stereocenters. The van der Waals surface area contributed by atoms with E-state index in [1.807, 2.05) is 54.6 Å². The van der Waals surface area contributed by atoms with Crippen LogP contribution in [0.1, 0.15) is 33.4 Å². The van der Waals surface area contributed by atoms with E-state index in [9.17, 15) is 0 Å². The second kappa shape index (κ2) is 8.67. The van der Waals surface area contributed by atoms with Crippen LogP contribution in [0.25, 0.3) is 0 Å². The SMILES string of the molecule is Cc1ccc(OP(Oc2ccc(C)c(C)c2)Oc2ccc(C)c(C)c2)cc1C. The predicted octanol–water partition coefficient (Wildman–Crippen LogP) is 7.30. The molecule has 0 fully saturated rings. The highest BCUT2D eigenvalue weighted by Crippen LogP contribution is 2.43. The second-order valence-corrected chi connectivity index (χ2v) is 8.23. The number of aryl methyl sites for hydroxylation is 6. The van der Waals surface area contributed by atoms with Crippen LogP contribution in [0.15, 0.2) is 54.6 Å². The first kappa shape index (κ1) is 20.2. The molecule has 0 aliphatic heterocycles. The highest BCUT2D eigenvalue weighted by molar-refractivity contribution is 7.43. The van der Waals surface area contributed by atoms with Crippen LogP contribution in [0.5, 0.6) is 17.2 Å². The summed E-state index contributed by atoms with van der Waals surface area (Å²) >= 11 is 0. The van der Waals surface area contributed by atoms with E-state index in [1.54, 1.807) is 0 Å². The summed E-state index contributed by atoms with van der Waals surface area (Å²) in [6.07, 6.45) is 0. The van der Waals surface area contributed by atoms with Gasteiger partial charge in [-0.25, -0.2) is 0 Å². The highest BCUT2D eigenvalue weighted by atomic mass is 31.2. The fourth-order valence-corrected chi connectivity index (χ4v) is 3.60. The molecule has 0 saturated carbocycles. The van der Waals surface area contributed by atoms with E-state index in [1.165, 1.54) is 33.4 Å². The smallest absolute Gasteiger partial charge is 0.408 e. The van der Waals surface area contributed by atoms with Gasteiger partial charge < -0.3 is 13.6 Å². The molecule has 0 heterocycles. The van der Waals surface area contributed by atoms with Crippen molar-refractivity contribution < 1.29 is 13.6 Å². The van der Waals surface area contributed by atoms with Gasteiger partial charge in [0, 0.05) is 0 Å². The molecular weight excluding hydrogens is 367 g/mol. The lowest BCUT2D eigenvalue weighted by Gasteiger charge is -2.19. The van der Waals surface area contributed by atoms with Gasteiger partial charge in [-0.15, -0.1) is 0 Å². The standard InChI is InChI=1S/C24H27O3P/c1-16-7-10-22(13-19(16)4)25-28(26-23-11-8-17(2)20(5)14-23)27-24-12-9-18(3)21(6)15-24/h7-15H,1-6H3. The van der Waals surface area contributed by atoms with Crippen molar-refractivity contribution >= 4 is 8.60 Å². The van der Waals surface area contributed by atoms with Crippen molar-refractivity contribution in [3.63, 3.8) is 0 Å². The minimum atomic E-state index is -1.66. The van der Waals surface area contributed by atoms with Crippen LogP contribution in [-0.2, 0) is 0 Å². The van der Waals surface area contributed by atoms with Crippen molar-refractivity contribution in [1.29, 1.82) is 0 Å². The zero-order valence-electron chi connectivity index (χ0n) is 17.4. The van der Waals surface area contributed by atoms with Gasteiger partial charge in [-0.2, -0.15) is 0 Å². The van der Waals surface area contributed by atoms with Crippen molar-refractivity contribution in [2.45, 2.75) is 41.5 Å². The van der Waals surface area contributed by atoms with Crippen LogP contribution in [0.3, 0.4) is 0 Å². The fourth-order valence-electron chi connectivity index (χ4n) is 2.63. The van der Waals surface area contributed by atoms with E-state index in [-0.39, 0.29) is 0 Å². The molecule has 3 aromatic carbocycles. The van der Waals surface area contributed by atoms with Crippen molar-refractivity contribution in [2.75, 3.05) is 0 Å². The van der Waals surface area contributed by atoms with Crippen LogP contribution in [0.4, 0.5) is 0 Å². The maximum Gasteiger partial charge on any atom is 0.530 e. The maximum absolute atomic E-state index is 6.12. The van der Waals surface area contributed by atoms with Gasteiger partial charge >= 0.3 is 8.60 Å². The summed E-state index contributed by atoms with van der Waals surface area (Å²) in [7, 11) is -1.66. The average molecular weight is 394 g/mol. The Bertz CT molecular complexity index is 854. The molecule has 0 aliphatic carbocycles. The summed E-state index contributed by atoms with van der Waals surface area (Å²) in [5, 5.41) is 0. The van der Waals surface area contributed by atoms with Gasteiger partial charge in [-0.3, -0.25) is 0 Å². The molecule has 0 saturated heterocycles. The molecule has 146 valence electrons. The van der Waals surface area contributed by atoms with Gasteiger partial charge in [0.2, 0.25) is 0 Å². The van der Waals surface area contributed by atoms with Crippen LogP contribution in [0.2, 0.25) is 0 Å². The lowest BCUT2D eigenvalue weighted by molar-refractivity contribution is 0.388. The van der Waals surface area contributed by atoms with Crippen LogP contribution < -0.4 is 13.6 Å². The largest absolute Gasteiger partial charge is 0.530 e. The Morgan fingerprint density at radius 3 is 0.964 bits per heavy atom. The van der Waals surface area contributed by atoms with Gasteiger partial charge in [0.25, 0.3) is 0 Å². The first-order valence-electron chi connectivity index (χ1n) is 9.37. The minimum Gasteiger partial charge on any atom is -0.408 e. The normalized spacial score (nSPS) is 10.8. The van der Waals surface area contributed by atoms with E-state index in [0.717, 1.165) is 17.2 Å². The van der Waals surface area contributed by atoms with Crippen molar-refractivity contribution in [1.82, 2.24) is 0 Å². The van der Waals surface area contributed by atoms with Crippen molar-refractivity contribution in [3.8, 4) is 17.2 Å². The molecule has 0 spiro atoms. The molecule has 0 unspecified atom stereocenters. The van der Waals surface area contributed by atoms with Crippen LogP contribution in [-0.4, -0.2) is 0 Å². The molecule has 0 N–H and O–H groups in total. The number of hydrogen-bond donors (Lipinski definition) is 0. The van der Waals surface area contributed by atoms with E-state index in [2.05, 4.69) is 41.5 Å². The Labute approximate surface area is 169 Å². The monoisotopic (exact) mass is 394 g/mol. The summed E-state index contributed by atoms with van der Waals surface area (Å²) in [4.78, 5) is 0. The summed E-state index contributed by atoms with van der Waals surface area (Å²) in [6.45, 7) is 12.5. The quantitative estimate of drug-likeness (QED) is 0.411. The first-order valence-corrected chi connectivity index (χ1v) is 10.5. The van der Waals surface area contributed by atoms with Gasteiger partial charge in [-0.1, -0.05) is 18.2 Å². The molecule has 3 rings (SSSR count). The summed E-state index contributed by atoms with van der Waals surface area (Å²) < 4.78 is 18.4. The lowest BCUT2D eigenvalue weighted by Crippen LogP contribution is -2.03. The predicted molar refractivity (Wildman–Crippen MR) is 117 cm³/mol. The molecule has 3 nitrogen and oxygen atoms in total. The third-order valence-corrected chi connectivity index (χ3v) is 6.05. The van der Waals surface area contributed by atoms with E-state index in [0.29, 0.717) is 0 Å². The molecule has 4 heteroatoms. The number of rotatable bonds is 6. The molecule has 0 aliphatic rings. The van der Waals surface area contributed by atoms with Gasteiger partial charge in [-0.05, 0) is 111 Å². The zero-order valence-corrected chi connectivity index (χ0v) is 18.3. The summed E-state index contributed by atoms with van der Waals surface area (Å²) in [5.41, 5.74) is 7.19. The molecule has 3 aromatic rings. The number of benzene rings is 3. The van der Waals surface area contributed by atoms with Crippen LogP contribution >= 0.6 is 8.60 Å². The Morgan fingerprint density at radius 2 is 0.714 bits per heavy atom. The summed E-state index contributed by atoms with van der Waals surface area (Å²) in [5.74, 6) is 2.21. The number of hydrogen-bond acceptors (Lipinski definition) is 3. The maximum atomic E-state index is 6.12. The third kappa shape index (κ3) is 5.05. The van der Waals surface area contributed by atoms with Crippen molar-refractivity contribution in [2.24, 2.45) is 0 Å². The van der Waals surface area contributed by atoms with Gasteiger partial charge in [0.1, 0.15) is 17.2 Å². The fraction of sp³-hybridized carbons (Fsp3) is 0.250. The van der Waals surface area contributed by atoms with Crippen molar-refractivity contribution in [3.05, 3.63) is 88.0 Å². The molecule has 0 radical (unpaired) electrons. The molecule has 0 bridgehead atoms. The van der Waals surface area contributed by atoms with E-state index < -0.39 is 8.60 Å². The van der Waals surface area contributed by atoms with Crippen LogP contribution in [0, 0.1) is 41.5 Å². The van der Waals surface area contributed by atoms with Gasteiger partial charge in [0.05, 0.1) is 0 Å². The Kier molecular flexibility index (Phi) is 6.26. The molecule has 0 amide bonds. The zero-order chi connectivity index (χ0) is 20.3. The Hall–Kier alpha value is -2.51. The summed E-state index contributed by atoms with van der Waals surface area (Å²) in [6, 6.07) is 18.0. The Morgan fingerprint density at radius 1 is 0.429 bits per heavy atom. The third-order valence-electron chi connectivity index (χ3n) is 4.97. The molecule has 0 aromatic heterocycles. The lowest BCUT2D eigenvalue weighted by atomic mass is 10.1. The van der Waals surface area contributed by atoms with E-state index in [4.69, 9.17) is 13.6 Å². The Balaban J connectivity index is 1.86. The van der Waals surface area contributed by atoms with E-state index >= 15 is 0 Å². The first-order chi connectivity index (χ1) is 13.3.